The van der Waals surface area contributed by atoms with Crippen LogP contribution in [0.25, 0.3) is 0 Å². The Kier molecular flexibility index (Phi) is 6.19. The van der Waals surface area contributed by atoms with Gasteiger partial charge in [0.05, 0.1) is 6.54 Å². The van der Waals surface area contributed by atoms with Crippen molar-refractivity contribution in [2.45, 2.75) is 32.9 Å². The van der Waals surface area contributed by atoms with E-state index in [9.17, 15) is 9.18 Å². The Balaban J connectivity index is 2.68. The van der Waals surface area contributed by atoms with Crippen LogP contribution in [0.5, 0.6) is 5.75 Å². The number of carbonyl (C=O) groups excluding carboxylic acids is 1. The van der Waals surface area contributed by atoms with E-state index in [-0.39, 0.29) is 30.4 Å². The maximum atomic E-state index is 13.3. The van der Waals surface area contributed by atoms with Gasteiger partial charge in [0.1, 0.15) is 11.6 Å². The molecule has 0 spiro atoms. The van der Waals surface area contributed by atoms with Gasteiger partial charge in [0.15, 0.2) is 6.61 Å². The lowest BCUT2D eigenvalue weighted by molar-refractivity contribution is -0.122. The molecule has 0 aromatic heterocycles. The molecule has 1 rings (SSSR count). The first-order valence-electron chi connectivity index (χ1n) is 6.68. The predicted octanol–water partition coefficient (Wildman–Crippen LogP) is 1.84. The van der Waals surface area contributed by atoms with Gasteiger partial charge in [0, 0.05) is 17.6 Å². The number of amides is 1. The summed E-state index contributed by atoms with van der Waals surface area (Å²) in [5, 5.41) is 5.75. The summed E-state index contributed by atoms with van der Waals surface area (Å²) < 4.78 is 18.8. The lowest BCUT2D eigenvalue weighted by Gasteiger charge is -2.21. The minimum Gasteiger partial charge on any atom is -0.483 e. The van der Waals surface area contributed by atoms with E-state index in [4.69, 9.17) is 11.2 Å². The topological polar surface area (TPSA) is 50.4 Å². The average Bonchev–Trinajstić information content (AvgIpc) is 2.41. The second-order valence-corrected chi connectivity index (χ2v) is 5.63. The Morgan fingerprint density at radius 2 is 2.14 bits per heavy atom. The van der Waals surface area contributed by atoms with E-state index >= 15 is 0 Å². The van der Waals surface area contributed by atoms with Crippen molar-refractivity contribution >= 4 is 5.91 Å². The summed E-state index contributed by atoms with van der Waals surface area (Å²) in [6.07, 6.45) is 5.05. The highest BCUT2D eigenvalue weighted by molar-refractivity contribution is 5.77. The van der Waals surface area contributed by atoms with Crippen LogP contribution in [0.3, 0.4) is 0 Å². The van der Waals surface area contributed by atoms with Crippen LogP contribution in [0.4, 0.5) is 4.39 Å². The van der Waals surface area contributed by atoms with Crippen LogP contribution in [-0.2, 0) is 11.3 Å². The molecule has 0 aliphatic heterocycles. The quantitative estimate of drug-likeness (QED) is 0.787. The summed E-state index contributed by atoms with van der Waals surface area (Å²) in [6.45, 7) is 6.49. The van der Waals surface area contributed by atoms with Crippen molar-refractivity contribution in [2.75, 3.05) is 13.2 Å². The Hall–Kier alpha value is -2.06. The third-order valence-corrected chi connectivity index (χ3v) is 2.58. The highest BCUT2D eigenvalue weighted by atomic mass is 19.1. The molecular formula is C16H21FN2O2. The highest BCUT2D eigenvalue weighted by Crippen LogP contribution is 2.20. The van der Waals surface area contributed by atoms with Crippen molar-refractivity contribution in [3.8, 4) is 18.1 Å². The molecule has 0 heterocycles. The molecule has 0 atom stereocenters. The zero-order chi connectivity index (χ0) is 15.9. The summed E-state index contributed by atoms with van der Waals surface area (Å²) in [5.74, 6) is 2.13. The molecule has 0 radical (unpaired) electrons. The third kappa shape index (κ3) is 6.77. The zero-order valence-corrected chi connectivity index (χ0v) is 12.6. The van der Waals surface area contributed by atoms with Gasteiger partial charge in [-0.05, 0) is 39.0 Å². The number of ether oxygens (including phenoxy) is 1. The molecule has 1 aromatic rings. The number of halogens is 1. The summed E-state index contributed by atoms with van der Waals surface area (Å²) in [4.78, 5) is 11.4. The van der Waals surface area contributed by atoms with E-state index in [0.717, 1.165) is 0 Å². The van der Waals surface area contributed by atoms with Gasteiger partial charge in [-0.1, -0.05) is 5.92 Å². The van der Waals surface area contributed by atoms with Crippen LogP contribution in [-0.4, -0.2) is 24.6 Å². The molecule has 21 heavy (non-hydrogen) atoms. The molecule has 2 N–H and O–H groups in total. The molecule has 0 fully saturated rings. The van der Waals surface area contributed by atoms with Crippen molar-refractivity contribution in [1.82, 2.24) is 10.6 Å². The van der Waals surface area contributed by atoms with Gasteiger partial charge in [-0.15, -0.1) is 6.42 Å². The van der Waals surface area contributed by atoms with Crippen LogP contribution >= 0.6 is 0 Å². The fraction of sp³-hybridized carbons (Fsp3) is 0.438. The molecule has 0 aliphatic carbocycles. The maximum absolute atomic E-state index is 13.3. The summed E-state index contributed by atoms with van der Waals surface area (Å²) >= 11 is 0. The molecule has 1 aromatic carbocycles. The summed E-state index contributed by atoms with van der Waals surface area (Å²) in [7, 11) is 0. The van der Waals surface area contributed by atoms with Crippen molar-refractivity contribution in [1.29, 1.82) is 0 Å². The van der Waals surface area contributed by atoms with Gasteiger partial charge >= 0.3 is 0 Å². The van der Waals surface area contributed by atoms with E-state index in [1.54, 1.807) is 0 Å². The normalized spacial score (nSPS) is 10.8. The van der Waals surface area contributed by atoms with Gasteiger partial charge in [-0.2, -0.15) is 0 Å². The Morgan fingerprint density at radius 1 is 1.43 bits per heavy atom. The summed E-state index contributed by atoms with van der Waals surface area (Å²) in [5.41, 5.74) is 0.558. The van der Waals surface area contributed by atoms with E-state index in [1.165, 1.54) is 18.2 Å². The molecule has 0 aliphatic rings. The Bertz CT molecular complexity index is 530. The van der Waals surface area contributed by atoms with Crippen molar-refractivity contribution in [3.05, 3.63) is 29.6 Å². The monoisotopic (exact) mass is 292 g/mol. The number of benzene rings is 1. The molecule has 114 valence electrons. The van der Waals surface area contributed by atoms with Crippen LogP contribution in [0.15, 0.2) is 18.2 Å². The van der Waals surface area contributed by atoms with Crippen LogP contribution < -0.4 is 15.4 Å². The van der Waals surface area contributed by atoms with Gasteiger partial charge in [-0.3, -0.25) is 4.79 Å². The Morgan fingerprint density at radius 3 is 2.76 bits per heavy atom. The number of rotatable bonds is 6. The molecule has 0 unspecified atom stereocenters. The fourth-order valence-electron chi connectivity index (χ4n) is 1.53. The van der Waals surface area contributed by atoms with Gasteiger partial charge in [0.2, 0.25) is 0 Å². The number of hydrogen-bond acceptors (Lipinski definition) is 3. The molecule has 0 bridgehead atoms. The standard InChI is InChI=1S/C16H21FN2O2/c1-5-8-18-15(20)11-21-14-7-6-13(17)9-12(14)10-19-16(2,3)4/h1,6-7,9,19H,8,10-11H2,2-4H3,(H,18,20). The molecule has 4 nitrogen and oxygen atoms in total. The largest absolute Gasteiger partial charge is 0.483 e. The molecule has 5 heteroatoms. The van der Waals surface area contributed by atoms with Crippen molar-refractivity contribution in [2.24, 2.45) is 0 Å². The van der Waals surface area contributed by atoms with Crippen molar-refractivity contribution in [3.63, 3.8) is 0 Å². The second kappa shape index (κ2) is 7.65. The number of nitrogens with one attached hydrogen (secondary N) is 2. The first kappa shape index (κ1) is 17.0. The van der Waals surface area contributed by atoms with E-state index in [2.05, 4.69) is 16.6 Å². The summed E-state index contributed by atoms with van der Waals surface area (Å²) in [6, 6.07) is 4.21. The Labute approximate surface area is 125 Å². The van der Waals surface area contributed by atoms with Crippen LogP contribution in [0.1, 0.15) is 26.3 Å². The number of hydrogen-bond donors (Lipinski definition) is 2. The lowest BCUT2D eigenvalue weighted by Crippen LogP contribution is -2.35. The van der Waals surface area contributed by atoms with E-state index in [0.29, 0.717) is 17.9 Å². The van der Waals surface area contributed by atoms with Gasteiger partial charge < -0.3 is 15.4 Å². The lowest BCUT2D eigenvalue weighted by atomic mass is 10.1. The highest BCUT2D eigenvalue weighted by Gasteiger charge is 2.12. The zero-order valence-electron chi connectivity index (χ0n) is 12.6. The minimum atomic E-state index is -0.343. The number of carbonyl (C=O) groups is 1. The molecule has 0 saturated heterocycles. The SMILES string of the molecule is C#CCNC(=O)COc1ccc(F)cc1CNC(C)(C)C. The van der Waals surface area contributed by atoms with Gasteiger partial charge in [0.25, 0.3) is 5.91 Å². The molecule has 1 amide bonds. The molecular weight excluding hydrogens is 271 g/mol. The van der Waals surface area contributed by atoms with Crippen LogP contribution in [0.2, 0.25) is 0 Å². The smallest absolute Gasteiger partial charge is 0.258 e. The van der Waals surface area contributed by atoms with E-state index in [1.807, 2.05) is 20.8 Å². The third-order valence-electron chi connectivity index (χ3n) is 2.58. The minimum absolute atomic E-state index is 0.103. The molecule has 0 saturated carbocycles. The van der Waals surface area contributed by atoms with Gasteiger partial charge in [-0.25, -0.2) is 4.39 Å². The average molecular weight is 292 g/mol. The fourth-order valence-corrected chi connectivity index (χ4v) is 1.53. The van der Waals surface area contributed by atoms with E-state index < -0.39 is 0 Å². The first-order valence-corrected chi connectivity index (χ1v) is 6.68. The van der Waals surface area contributed by atoms with Crippen molar-refractivity contribution < 1.29 is 13.9 Å². The predicted molar refractivity (Wildman–Crippen MR) is 80.3 cm³/mol. The first-order chi connectivity index (χ1) is 9.81. The maximum Gasteiger partial charge on any atom is 0.258 e. The van der Waals surface area contributed by atoms with Crippen LogP contribution in [0, 0.1) is 18.2 Å². The second-order valence-electron chi connectivity index (χ2n) is 5.63. The number of terminal acetylenes is 1.